The molecule has 1 atom stereocenters. The summed E-state index contributed by atoms with van der Waals surface area (Å²) >= 11 is 0. The molecule has 0 saturated heterocycles. The lowest BCUT2D eigenvalue weighted by atomic mass is 9.98. The molecule has 1 aromatic heterocycles. The molecule has 0 fully saturated rings. The van der Waals surface area contributed by atoms with Crippen LogP contribution in [0.25, 0.3) is 0 Å². The number of aryl methyl sites for hydroxylation is 1. The molecule has 0 aliphatic carbocycles. The lowest BCUT2D eigenvalue weighted by Crippen LogP contribution is -2.15. The second kappa shape index (κ2) is 3.02. The zero-order valence-electron chi connectivity index (χ0n) is 8.21. The minimum Gasteiger partial charge on any atom is -0.351 e. The Morgan fingerprint density at radius 3 is 3.08 bits per heavy atom. The molecule has 1 aromatic rings. The summed E-state index contributed by atoms with van der Waals surface area (Å²) in [5.74, 6) is 0.941. The maximum Gasteiger partial charge on any atom is 0.161 e. The van der Waals surface area contributed by atoms with Crippen LogP contribution >= 0.6 is 0 Å². The summed E-state index contributed by atoms with van der Waals surface area (Å²) in [6.45, 7) is 4.97. The average molecular weight is 177 g/mol. The van der Waals surface area contributed by atoms with E-state index in [1.807, 2.05) is 12.3 Å². The van der Waals surface area contributed by atoms with Gasteiger partial charge in [-0.15, -0.1) is 0 Å². The highest BCUT2D eigenvalue weighted by atomic mass is 16.1. The fourth-order valence-electron chi connectivity index (χ4n) is 1.95. The molecule has 2 nitrogen and oxygen atoms in total. The molecule has 2 heteroatoms. The van der Waals surface area contributed by atoms with Gasteiger partial charge >= 0.3 is 0 Å². The van der Waals surface area contributed by atoms with Crippen molar-refractivity contribution < 1.29 is 4.79 Å². The first-order chi connectivity index (χ1) is 6.16. The van der Waals surface area contributed by atoms with Crippen molar-refractivity contribution in [2.45, 2.75) is 33.2 Å². The Morgan fingerprint density at radius 2 is 2.38 bits per heavy atom. The quantitative estimate of drug-likeness (QED) is 0.603. The molecule has 1 aliphatic rings. The fourth-order valence-corrected chi connectivity index (χ4v) is 1.95. The zero-order chi connectivity index (χ0) is 9.42. The lowest BCUT2D eigenvalue weighted by Gasteiger charge is -2.20. The number of hydrogen-bond donors (Lipinski definition) is 0. The third-order valence-corrected chi connectivity index (χ3v) is 2.81. The molecule has 13 heavy (non-hydrogen) atoms. The fraction of sp³-hybridized carbons (Fsp3) is 0.545. The van der Waals surface area contributed by atoms with E-state index >= 15 is 0 Å². The van der Waals surface area contributed by atoms with Crippen molar-refractivity contribution in [2.24, 2.45) is 5.92 Å². The van der Waals surface area contributed by atoms with Gasteiger partial charge in [0.2, 0.25) is 0 Å². The van der Waals surface area contributed by atoms with Crippen molar-refractivity contribution in [3.63, 3.8) is 0 Å². The Labute approximate surface area is 78.6 Å². The van der Waals surface area contributed by atoms with E-state index in [0.29, 0.717) is 0 Å². The van der Waals surface area contributed by atoms with Crippen LogP contribution in [-0.4, -0.2) is 10.4 Å². The number of nitrogens with zero attached hydrogens (tertiary/aromatic N) is 1. The number of aromatic nitrogens is 1. The van der Waals surface area contributed by atoms with Gasteiger partial charge in [0.15, 0.2) is 5.78 Å². The van der Waals surface area contributed by atoms with Gasteiger partial charge in [0, 0.05) is 24.0 Å². The van der Waals surface area contributed by atoms with E-state index in [-0.39, 0.29) is 5.78 Å². The van der Waals surface area contributed by atoms with Gasteiger partial charge in [0.25, 0.3) is 0 Å². The van der Waals surface area contributed by atoms with Gasteiger partial charge in [-0.2, -0.15) is 0 Å². The summed E-state index contributed by atoms with van der Waals surface area (Å²) in [7, 11) is 0. The largest absolute Gasteiger partial charge is 0.351 e. The van der Waals surface area contributed by atoms with Crippen LogP contribution < -0.4 is 0 Å². The van der Waals surface area contributed by atoms with Crippen molar-refractivity contribution in [3.8, 4) is 0 Å². The standard InChI is InChI=1S/C11H15NO/c1-8-3-4-12-7-10(9(2)13)6-11(12)5-8/h6-8H,3-5H2,1-2H3. The van der Waals surface area contributed by atoms with E-state index in [9.17, 15) is 4.79 Å². The van der Waals surface area contributed by atoms with E-state index in [1.54, 1.807) is 6.92 Å². The van der Waals surface area contributed by atoms with Crippen molar-refractivity contribution in [1.29, 1.82) is 0 Å². The summed E-state index contributed by atoms with van der Waals surface area (Å²) in [4.78, 5) is 11.1. The van der Waals surface area contributed by atoms with Crippen molar-refractivity contribution in [3.05, 3.63) is 23.5 Å². The van der Waals surface area contributed by atoms with Gasteiger partial charge in [-0.1, -0.05) is 6.92 Å². The Balaban J connectivity index is 2.33. The van der Waals surface area contributed by atoms with Crippen LogP contribution in [0.2, 0.25) is 0 Å². The molecule has 0 radical (unpaired) electrons. The number of rotatable bonds is 1. The van der Waals surface area contributed by atoms with E-state index in [4.69, 9.17) is 0 Å². The van der Waals surface area contributed by atoms with Gasteiger partial charge in [-0.25, -0.2) is 0 Å². The number of Topliss-reactive ketones (excluding diaryl/α,β-unsaturated/α-hetero) is 1. The maximum absolute atomic E-state index is 11.1. The average Bonchev–Trinajstić information content (AvgIpc) is 2.46. The minimum absolute atomic E-state index is 0.176. The predicted octanol–water partition coefficient (Wildman–Crippen LogP) is 2.27. The predicted molar refractivity (Wildman–Crippen MR) is 51.9 cm³/mol. The van der Waals surface area contributed by atoms with Crippen molar-refractivity contribution in [1.82, 2.24) is 4.57 Å². The molecule has 0 amide bonds. The smallest absolute Gasteiger partial charge is 0.161 e. The highest BCUT2D eigenvalue weighted by molar-refractivity contribution is 5.94. The lowest BCUT2D eigenvalue weighted by molar-refractivity contribution is 0.101. The summed E-state index contributed by atoms with van der Waals surface area (Å²) in [5.41, 5.74) is 2.19. The van der Waals surface area contributed by atoms with E-state index < -0.39 is 0 Å². The topological polar surface area (TPSA) is 22.0 Å². The first-order valence-corrected chi connectivity index (χ1v) is 4.87. The number of fused-ring (bicyclic) bond motifs is 1. The molecule has 0 N–H and O–H groups in total. The number of ketones is 1. The van der Waals surface area contributed by atoms with Crippen molar-refractivity contribution >= 4 is 5.78 Å². The van der Waals surface area contributed by atoms with Gasteiger partial charge in [0.05, 0.1) is 0 Å². The first kappa shape index (κ1) is 8.54. The normalized spacial score (nSPS) is 21.2. The monoisotopic (exact) mass is 177 g/mol. The Morgan fingerprint density at radius 1 is 1.62 bits per heavy atom. The molecule has 70 valence electrons. The van der Waals surface area contributed by atoms with Crippen LogP contribution in [0.15, 0.2) is 12.3 Å². The van der Waals surface area contributed by atoms with E-state index in [0.717, 1.165) is 24.4 Å². The molecule has 0 spiro atoms. The molecular formula is C11H15NO. The van der Waals surface area contributed by atoms with E-state index in [1.165, 1.54) is 12.1 Å². The molecule has 0 bridgehead atoms. The third-order valence-electron chi connectivity index (χ3n) is 2.81. The van der Waals surface area contributed by atoms with Crippen molar-refractivity contribution in [2.75, 3.05) is 0 Å². The number of carbonyl (C=O) groups is 1. The second-order valence-corrected chi connectivity index (χ2v) is 4.07. The highest BCUT2D eigenvalue weighted by Crippen LogP contribution is 2.22. The van der Waals surface area contributed by atoms with Crippen LogP contribution in [-0.2, 0) is 13.0 Å². The van der Waals surface area contributed by atoms with Crippen LogP contribution in [0, 0.1) is 5.92 Å². The second-order valence-electron chi connectivity index (χ2n) is 4.07. The Bertz CT molecular complexity index is 338. The molecule has 0 saturated carbocycles. The maximum atomic E-state index is 11.1. The zero-order valence-corrected chi connectivity index (χ0v) is 8.21. The highest BCUT2D eigenvalue weighted by Gasteiger charge is 2.16. The van der Waals surface area contributed by atoms with Gasteiger partial charge < -0.3 is 4.57 Å². The molecule has 1 unspecified atom stereocenters. The SMILES string of the molecule is CC(=O)c1cc2n(c1)CCC(C)C2. The van der Waals surface area contributed by atoms with Gasteiger partial charge in [-0.05, 0) is 31.7 Å². The van der Waals surface area contributed by atoms with Crippen LogP contribution in [0.1, 0.15) is 36.3 Å². The van der Waals surface area contributed by atoms with Crippen LogP contribution in [0.3, 0.4) is 0 Å². The first-order valence-electron chi connectivity index (χ1n) is 4.87. The molecule has 2 heterocycles. The van der Waals surface area contributed by atoms with Crippen LogP contribution in [0.4, 0.5) is 0 Å². The Hall–Kier alpha value is -1.05. The summed E-state index contributed by atoms with van der Waals surface area (Å²) in [6.07, 6.45) is 4.34. The van der Waals surface area contributed by atoms with Gasteiger partial charge in [-0.3, -0.25) is 4.79 Å². The molecule has 0 aromatic carbocycles. The summed E-state index contributed by atoms with van der Waals surface area (Å²) in [6, 6.07) is 2.04. The van der Waals surface area contributed by atoms with Gasteiger partial charge in [0.1, 0.15) is 0 Å². The number of carbonyl (C=O) groups excluding carboxylic acids is 1. The minimum atomic E-state index is 0.176. The summed E-state index contributed by atoms with van der Waals surface area (Å²) < 4.78 is 2.22. The molecule has 2 rings (SSSR count). The number of hydrogen-bond acceptors (Lipinski definition) is 1. The molecule has 1 aliphatic heterocycles. The molecular weight excluding hydrogens is 162 g/mol. The summed E-state index contributed by atoms with van der Waals surface area (Å²) in [5, 5.41) is 0. The van der Waals surface area contributed by atoms with E-state index in [2.05, 4.69) is 11.5 Å². The van der Waals surface area contributed by atoms with Crippen LogP contribution in [0.5, 0.6) is 0 Å². The Kier molecular flexibility index (Phi) is 1.98. The third kappa shape index (κ3) is 1.53.